The Morgan fingerprint density at radius 3 is 2.71 bits per heavy atom. The number of nitrogens with one attached hydrogen (secondary N) is 2. The Balaban J connectivity index is 1.54. The van der Waals surface area contributed by atoms with Gasteiger partial charge < -0.3 is 16.2 Å². The van der Waals surface area contributed by atoms with Crippen LogP contribution in [-0.2, 0) is 16.6 Å². The number of nitrogens with two attached hydrogens (primary N) is 1. The van der Waals surface area contributed by atoms with E-state index in [1.807, 2.05) is 39.0 Å². The fourth-order valence-corrected chi connectivity index (χ4v) is 5.58. The van der Waals surface area contributed by atoms with Crippen LogP contribution in [0.4, 0.5) is 11.6 Å². The SMILES string of the molecule is Cc1cc(-c2nc([C@H](C)Nc3ncnc(N)c3C#N)nn3ccc(C)c23)cc(S(=O)(=O)NCc2cccc(O)c2)c1. The number of aryl methyl sites for hydroxylation is 2. The molecular weight excluding hydrogens is 542 g/mol. The molecule has 0 aliphatic rings. The Bertz CT molecular complexity index is 1930. The summed E-state index contributed by atoms with van der Waals surface area (Å²) in [6, 6.07) is 14.8. The largest absolute Gasteiger partial charge is 0.508 e. The third kappa shape index (κ3) is 5.65. The van der Waals surface area contributed by atoms with Crippen LogP contribution < -0.4 is 15.8 Å². The van der Waals surface area contributed by atoms with Gasteiger partial charge in [-0.2, -0.15) is 10.4 Å². The van der Waals surface area contributed by atoms with Crippen molar-refractivity contribution >= 4 is 27.2 Å². The van der Waals surface area contributed by atoms with Crippen LogP contribution in [0.2, 0.25) is 0 Å². The van der Waals surface area contributed by atoms with Crippen molar-refractivity contribution in [1.29, 1.82) is 5.26 Å². The van der Waals surface area contributed by atoms with Gasteiger partial charge >= 0.3 is 0 Å². The number of rotatable bonds is 8. The summed E-state index contributed by atoms with van der Waals surface area (Å²) in [6.45, 7) is 5.57. The molecule has 5 N–H and O–H groups in total. The van der Waals surface area contributed by atoms with Crippen molar-refractivity contribution in [2.45, 2.75) is 38.3 Å². The van der Waals surface area contributed by atoms with E-state index in [4.69, 9.17) is 10.7 Å². The predicted octanol–water partition coefficient (Wildman–Crippen LogP) is 3.61. The van der Waals surface area contributed by atoms with Gasteiger partial charge in [-0.25, -0.2) is 32.6 Å². The van der Waals surface area contributed by atoms with Crippen LogP contribution >= 0.6 is 0 Å². The summed E-state index contributed by atoms with van der Waals surface area (Å²) >= 11 is 0. The number of anilines is 2. The van der Waals surface area contributed by atoms with Crippen molar-refractivity contribution in [2.75, 3.05) is 11.1 Å². The summed E-state index contributed by atoms with van der Waals surface area (Å²) < 4.78 is 30.9. The number of nitrogen functional groups attached to an aromatic ring is 1. The standard InChI is InChI=1S/C28H27N9O3S/c1-16-9-20(12-22(10-16)41(39,40)33-14-19-5-4-6-21(38)11-19)24-25-17(2)7-8-37(25)36-27(35-24)18(3)34-28-23(13-29)26(30)31-15-32-28/h4-12,15,18,33,38H,14H2,1-3H3,(H3,30,31,32,34)/t18-/m0/s1. The van der Waals surface area contributed by atoms with Gasteiger partial charge in [-0.1, -0.05) is 12.1 Å². The molecule has 2 aromatic carbocycles. The average Bonchev–Trinajstić information content (AvgIpc) is 3.32. The number of hydrogen-bond acceptors (Lipinski definition) is 10. The highest BCUT2D eigenvalue weighted by molar-refractivity contribution is 7.89. The molecule has 0 unspecified atom stereocenters. The topological polar surface area (TPSA) is 184 Å². The van der Waals surface area contributed by atoms with Crippen LogP contribution in [-0.4, -0.2) is 38.1 Å². The highest BCUT2D eigenvalue weighted by atomic mass is 32.2. The number of nitriles is 1. The minimum atomic E-state index is -3.90. The first-order chi connectivity index (χ1) is 19.6. The second-order valence-electron chi connectivity index (χ2n) is 9.60. The molecule has 41 heavy (non-hydrogen) atoms. The number of sulfonamides is 1. The molecule has 5 aromatic rings. The number of nitrogens with zero attached hydrogens (tertiary/aromatic N) is 6. The predicted molar refractivity (Wildman–Crippen MR) is 153 cm³/mol. The van der Waals surface area contributed by atoms with Crippen LogP contribution in [0.1, 0.15) is 41.0 Å². The van der Waals surface area contributed by atoms with Gasteiger partial charge in [0.25, 0.3) is 0 Å². The normalized spacial score (nSPS) is 12.2. The molecule has 0 bridgehead atoms. The van der Waals surface area contributed by atoms with Crippen molar-refractivity contribution in [3.8, 4) is 23.1 Å². The van der Waals surface area contributed by atoms with Crippen molar-refractivity contribution in [3.63, 3.8) is 0 Å². The number of benzene rings is 2. The number of phenols is 1. The molecule has 0 aliphatic carbocycles. The lowest BCUT2D eigenvalue weighted by Crippen LogP contribution is -2.23. The van der Waals surface area contributed by atoms with Crippen molar-refractivity contribution in [1.82, 2.24) is 29.3 Å². The maximum atomic E-state index is 13.3. The van der Waals surface area contributed by atoms with E-state index in [1.165, 1.54) is 18.5 Å². The highest BCUT2D eigenvalue weighted by Crippen LogP contribution is 2.30. The van der Waals surface area contributed by atoms with Gasteiger partial charge in [0, 0.05) is 18.3 Å². The second kappa shape index (κ2) is 10.8. The van der Waals surface area contributed by atoms with Crippen molar-refractivity contribution < 1.29 is 13.5 Å². The van der Waals surface area contributed by atoms with Crippen LogP contribution in [0.15, 0.2) is 66.0 Å². The molecule has 5 rings (SSSR count). The van der Waals surface area contributed by atoms with Crippen LogP contribution in [0, 0.1) is 25.2 Å². The maximum Gasteiger partial charge on any atom is 0.240 e. The summed E-state index contributed by atoms with van der Waals surface area (Å²) in [6.07, 6.45) is 3.07. The second-order valence-corrected chi connectivity index (χ2v) is 11.4. The fraction of sp³-hybridized carbons (Fsp3) is 0.179. The first kappa shape index (κ1) is 27.5. The zero-order valence-electron chi connectivity index (χ0n) is 22.5. The summed E-state index contributed by atoms with van der Waals surface area (Å²) in [7, 11) is -3.90. The van der Waals surface area contributed by atoms with E-state index < -0.39 is 16.1 Å². The summed E-state index contributed by atoms with van der Waals surface area (Å²) in [5, 5.41) is 27.0. The Morgan fingerprint density at radius 2 is 1.95 bits per heavy atom. The lowest BCUT2D eigenvalue weighted by molar-refractivity contribution is 0.474. The number of aromatic nitrogens is 5. The van der Waals surface area contributed by atoms with Gasteiger partial charge in [0.2, 0.25) is 10.0 Å². The maximum absolute atomic E-state index is 13.3. The first-order valence-electron chi connectivity index (χ1n) is 12.6. The van der Waals surface area contributed by atoms with E-state index in [0.717, 1.165) is 16.6 Å². The van der Waals surface area contributed by atoms with Gasteiger partial charge in [-0.05, 0) is 73.9 Å². The molecule has 0 fully saturated rings. The summed E-state index contributed by atoms with van der Waals surface area (Å²) in [5.41, 5.74) is 10.1. The third-order valence-corrected chi connectivity index (χ3v) is 7.85. The molecule has 3 aromatic heterocycles. The highest BCUT2D eigenvalue weighted by Gasteiger charge is 2.21. The minimum Gasteiger partial charge on any atom is -0.508 e. The van der Waals surface area contributed by atoms with Gasteiger partial charge in [-0.3, -0.25) is 0 Å². The smallest absolute Gasteiger partial charge is 0.240 e. The van der Waals surface area contributed by atoms with E-state index in [1.54, 1.807) is 35.0 Å². The van der Waals surface area contributed by atoms with Gasteiger partial charge in [0.05, 0.1) is 22.1 Å². The zero-order valence-corrected chi connectivity index (χ0v) is 23.3. The zero-order chi connectivity index (χ0) is 29.3. The minimum absolute atomic E-state index is 0.0150. The molecule has 0 saturated heterocycles. The molecule has 1 atom stereocenters. The fourth-order valence-electron chi connectivity index (χ4n) is 4.44. The van der Waals surface area contributed by atoms with E-state index in [0.29, 0.717) is 22.6 Å². The third-order valence-electron chi connectivity index (χ3n) is 6.47. The van der Waals surface area contributed by atoms with E-state index in [-0.39, 0.29) is 34.4 Å². The monoisotopic (exact) mass is 569 g/mol. The number of phenolic OH excluding ortho intramolecular Hbond substituents is 1. The van der Waals surface area contributed by atoms with E-state index in [9.17, 15) is 18.8 Å². The molecule has 0 aliphatic heterocycles. The van der Waals surface area contributed by atoms with Gasteiger partial charge in [-0.15, -0.1) is 0 Å². The van der Waals surface area contributed by atoms with Crippen molar-refractivity contribution in [2.24, 2.45) is 0 Å². The lowest BCUT2D eigenvalue weighted by Gasteiger charge is -2.17. The molecule has 0 saturated carbocycles. The average molecular weight is 570 g/mol. The Hall–Kier alpha value is -5.06. The number of aromatic hydroxyl groups is 1. The molecule has 12 nitrogen and oxygen atoms in total. The van der Waals surface area contributed by atoms with Gasteiger partial charge in [0.1, 0.15) is 35.3 Å². The molecule has 208 valence electrons. The molecule has 0 amide bonds. The van der Waals surface area contributed by atoms with E-state index in [2.05, 4.69) is 25.1 Å². The first-order valence-corrected chi connectivity index (χ1v) is 14.1. The van der Waals surface area contributed by atoms with Crippen LogP contribution in [0.25, 0.3) is 16.8 Å². The number of fused-ring (bicyclic) bond motifs is 1. The van der Waals surface area contributed by atoms with Gasteiger partial charge in [0.15, 0.2) is 5.82 Å². The lowest BCUT2D eigenvalue weighted by atomic mass is 10.1. The molecule has 0 spiro atoms. The number of hydrogen-bond donors (Lipinski definition) is 4. The Kier molecular flexibility index (Phi) is 7.27. The summed E-state index contributed by atoms with van der Waals surface area (Å²) in [4.78, 5) is 12.9. The molecule has 13 heteroatoms. The molecule has 3 heterocycles. The summed E-state index contributed by atoms with van der Waals surface area (Å²) in [5.74, 6) is 0.753. The molecule has 0 radical (unpaired) electrons. The van der Waals surface area contributed by atoms with Crippen LogP contribution in [0.3, 0.4) is 0 Å². The Labute approximate surface area is 236 Å². The molecular formula is C28H27N9O3S. The van der Waals surface area contributed by atoms with Crippen molar-refractivity contribution in [3.05, 3.63) is 89.1 Å². The quantitative estimate of drug-likeness (QED) is 0.215. The van der Waals surface area contributed by atoms with Crippen LogP contribution in [0.5, 0.6) is 5.75 Å². The Morgan fingerprint density at radius 1 is 1.15 bits per heavy atom. The van der Waals surface area contributed by atoms with E-state index >= 15 is 0 Å².